The van der Waals surface area contributed by atoms with Crippen LogP contribution in [-0.4, -0.2) is 22.5 Å². The summed E-state index contributed by atoms with van der Waals surface area (Å²) < 4.78 is 0. The third-order valence-electron chi connectivity index (χ3n) is 4.28. The van der Waals surface area contributed by atoms with Crippen LogP contribution in [0.4, 0.5) is 5.13 Å². The highest BCUT2D eigenvalue weighted by Crippen LogP contribution is 2.27. The fourth-order valence-electron chi connectivity index (χ4n) is 3.26. The van der Waals surface area contributed by atoms with Crippen LogP contribution in [0.2, 0.25) is 0 Å². The Morgan fingerprint density at radius 1 is 1.32 bits per heavy atom. The summed E-state index contributed by atoms with van der Waals surface area (Å²) in [4.78, 5) is 8.07. The summed E-state index contributed by atoms with van der Waals surface area (Å²) in [5.74, 6) is 0. The topological polar surface area (TPSA) is 42.2 Å². The van der Waals surface area contributed by atoms with Crippen LogP contribution in [0.5, 0.6) is 0 Å². The molecule has 0 amide bonds. The molecule has 0 saturated carbocycles. The van der Waals surface area contributed by atoms with Gasteiger partial charge in [-0.2, -0.15) is 0 Å². The van der Waals surface area contributed by atoms with E-state index in [2.05, 4.69) is 41.1 Å². The number of nitrogen functional groups attached to an aromatic ring is 1. The molecule has 0 radical (unpaired) electrons. The number of fused-ring (bicyclic) bond motifs is 1. The van der Waals surface area contributed by atoms with Crippen LogP contribution in [0.15, 0.2) is 30.5 Å². The Bertz CT molecular complexity index is 599. The van der Waals surface area contributed by atoms with Gasteiger partial charge < -0.3 is 5.73 Å². The van der Waals surface area contributed by atoms with Gasteiger partial charge in [-0.1, -0.05) is 31.2 Å². The summed E-state index contributed by atoms with van der Waals surface area (Å²) in [5, 5.41) is 0.676. The second-order valence-corrected chi connectivity index (χ2v) is 6.95. The first kappa shape index (κ1) is 17.3. The van der Waals surface area contributed by atoms with Gasteiger partial charge in [-0.05, 0) is 43.4 Å². The van der Waals surface area contributed by atoms with E-state index in [1.165, 1.54) is 41.7 Å². The van der Waals surface area contributed by atoms with E-state index < -0.39 is 0 Å². The van der Waals surface area contributed by atoms with Crippen LogP contribution in [0.3, 0.4) is 0 Å². The second-order valence-electron chi connectivity index (χ2n) is 5.80. The van der Waals surface area contributed by atoms with Crippen LogP contribution in [0, 0.1) is 0 Å². The number of aryl methyl sites for hydroxylation is 1. The second kappa shape index (κ2) is 7.95. The number of benzene rings is 1. The molecule has 0 bridgehead atoms. The average Bonchev–Trinajstić information content (AvgIpc) is 2.91. The standard InChI is InChI=1S/C17H23N3S.ClH/c1-2-9-20(12-16-11-19-17(18)21-16)15-8-7-13-5-3-4-6-14(13)10-15;/h3-6,11,15H,2,7-10,12H2,1H3,(H2,18,19);1H. The quantitative estimate of drug-likeness (QED) is 0.899. The van der Waals surface area contributed by atoms with Gasteiger partial charge in [0.05, 0.1) is 0 Å². The molecule has 0 aliphatic heterocycles. The molecule has 3 rings (SSSR count). The van der Waals surface area contributed by atoms with E-state index in [0.29, 0.717) is 11.2 Å². The summed E-state index contributed by atoms with van der Waals surface area (Å²) >= 11 is 1.62. The maximum atomic E-state index is 5.76. The highest BCUT2D eigenvalue weighted by molar-refractivity contribution is 7.15. The number of anilines is 1. The minimum atomic E-state index is 0. The minimum Gasteiger partial charge on any atom is -0.375 e. The summed E-state index contributed by atoms with van der Waals surface area (Å²) in [6, 6.07) is 9.52. The molecule has 0 saturated heterocycles. The van der Waals surface area contributed by atoms with E-state index >= 15 is 0 Å². The zero-order valence-corrected chi connectivity index (χ0v) is 14.6. The van der Waals surface area contributed by atoms with Crippen molar-refractivity contribution < 1.29 is 0 Å². The van der Waals surface area contributed by atoms with Crippen LogP contribution in [0.25, 0.3) is 0 Å². The number of thiazole rings is 1. The largest absolute Gasteiger partial charge is 0.375 e. The summed E-state index contributed by atoms with van der Waals surface area (Å²) in [6.45, 7) is 4.38. The highest BCUT2D eigenvalue weighted by atomic mass is 35.5. The van der Waals surface area contributed by atoms with Crippen molar-refractivity contribution in [2.24, 2.45) is 0 Å². The molecular formula is C17H24ClN3S. The van der Waals surface area contributed by atoms with Crippen molar-refractivity contribution in [3.8, 4) is 0 Å². The van der Waals surface area contributed by atoms with Gasteiger partial charge in [0.1, 0.15) is 0 Å². The summed E-state index contributed by atoms with van der Waals surface area (Å²) in [7, 11) is 0. The molecule has 3 nitrogen and oxygen atoms in total. The predicted octanol–water partition coefficient (Wildman–Crippen LogP) is 3.92. The molecule has 0 fully saturated rings. The Morgan fingerprint density at radius 2 is 2.09 bits per heavy atom. The molecule has 2 aromatic rings. The lowest BCUT2D eigenvalue weighted by Crippen LogP contribution is -2.39. The molecule has 1 aliphatic rings. The maximum absolute atomic E-state index is 5.76. The molecular weight excluding hydrogens is 314 g/mol. The smallest absolute Gasteiger partial charge is 0.180 e. The maximum Gasteiger partial charge on any atom is 0.180 e. The first-order chi connectivity index (χ1) is 10.3. The van der Waals surface area contributed by atoms with E-state index in [1.54, 1.807) is 11.3 Å². The molecule has 1 atom stereocenters. The van der Waals surface area contributed by atoms with Gasteiger partial charge in [0, 0.05) is 23.7 Å². The van der Waals surface area contributed by atoms with Gasteiger partial charge in [0.25, 0.3) is 0 Å². The molecule has 2 N–H and O–H groups in total. The van der Waals surface area contributed by atoms with Crippen LogP contribution in [0.1, 0.15) is 35.8 Å². The van der Waals surface area contributed by atoms with Gasteiger partial charge in [0.15, 0.2) is 5.13 Å². The van der Waals surface area contributed by atoms with Gasteiger partial charge in [0.2, 0.25) is 0 Å². The van der Waals surface area contributed by atoms with Crippen molar-refractivity contribution >= 4 is 28.9 Å². The Balaban J connectivity index is 0.00000176. The number of halogens is 1. The van der Waals surface area contributed by atoms with Gasteiger partial charge in [-0.25, -0.2) is 4.98 Å². The lowest BCUT2D eigenvalue weighted by atomic mass is 9.87. The Kier molecular flexibility index (Phi) is 6.24. The van der Waals surface area contributed by atoms with Crippen molar-refractivity contribution in [2.75, 3.05) is 12.3 Å². The fraction of sp³-hybridized carbons (Fsp3) is 0.471. The molecule has 22 heavy (non-hydrogen) atoms. The number of hydrogen-bond donors (Lipinski definition) is 1. The lowest BCUT2D eigenvalue weighted by Gasteiger charge is -2.34. The molecule has 0 spiro atoms. The normalized spacial score (nSPS) is 17.1. The predicted molar refractivity (Wildman–Crippen MR) is 96.7 cm³/mol. The van der Waals surface area contributed by atoms with Crippen molar-refractivity contribution in [3.63, 3.8) is 0 Å². The molecule has 1 aliphatic carbocycles. The monoisotopic (exact) mass is 337 g/mol. The van der Waals surface area contributed by atoms with Gasteiger partial charge >= 0.3 is 0 Å². The molecule has 5 heteroatoms. The van der Waals surface area contributed by atoms with Crippen LogP contribution in [-0.2, 0) is 19.4 Å². The highest BCUT2D eigenvalue weighted by Gasteiger charge is 2.24. The van der Waals surface area contributed by atoms with E-state index in [4.69, 9.17) is 5.73 Å². The number of rotatable bonds is 5. The van der Waals surface area contributed by atoms with E-state index in [9.17, 15) is 0 Å². The Morgan fingerprint density at radius 3 is 2.77 bits per heavy atom. The van der Waals surface area contributed by atoms with E-state index in [0.717, 1.165) is 13.1 Å². The third-order valence-corrected chi connectivity index (χ3v) is 5.09. The Hall–Kier alpha value is -1.10. The summed E-state index contributed by atoms with van der Waals surface area (Å²) in [6.07, 6.45) is 6.74. The molecule has 1 heterocycles. The van der Waals surface area contributed by atoms with Gasteiger partial charge in [-0.3, -0.25) is 4.90 Å². The van der Waals surface area contributed by atoms with E-state index in [-0.39, 0.29) is 12.4 Å². The first-order valence-electron chi connectivity index (χ1n) is 7.77. The molecule has 1 unspecified atom stereocenters. The SMILES string of the molecule is CCCN(Cc1cnc(N)s1)C1CCc2ccccc2C1.Cl. The average molecular weight is 338 g/mol. The first-order valence-corrected chi connectivity index (χ1v) is 8.59. The van der Waals surface area contributed by atoms with Crippen LogP contribution >= 0.6 is 23.7 Å². The van der Waals surface area contributed by atoms with Crippen molar-refractivity contribution in [1.29, 1.82) is 0 Å². The lowest BCUT2D eigenvalue weighted by molar-refractivity contribution is 0.172. The van der Waals surface area contributed by atoms with Crippen molar-refractivity contribution in [3.05, 3.63) is 46.5 Å². The number of nitrogens with zero attached hydrogens (tertiary/aromatic N) is 2. The fourth-order valence-corrected chi connectivity index (χ4v) is 3.97. The molecule has 1 aromatic carbocycles. The zero-order valence-electron chi connectivity index (χ0n) is 13.0. The zero-order chi connectivity index (χ0) is 14.7. The van der Waals surface area contributed by atoms with E-state index in [1.807, 2.05) is 6.20 Å². The molecule has 120 valence electrons. The third kappa shape index (κ3) is 4.00. The van der Waals surface area contributed by atoms with Crippen molar-refractivity contribution in [2.45, 2.75) is 45.2 Å². The van der Waals surface area contributed by atoms with Crippen molar-refractivity contribution in [1.82, 2.24) is 9.88 Å². The Labute approximate surface area is 143 Å². The molecule has 1 aromatic heterocycles. The summed E-state index contributed by atoms with van der Waals surface area (Å²) in [5.41, 5.74) is 8.82. The van der Waals surface area contributed by atoms with Gasteiger partial charge in [-0.15, -0.1) is 23.7 Å². The minimum absolute atomic E-state index is 0. The number of hydrogen-bond acceptors (Lipinski definition) is 4. The number of aromatic nitrogens is 1. The number of nitrogens with two attached hydrogens (primary N) is 1. The van der Waals surface area contributed by atoms with Crippen LogP contribution < -0.4 is 5.73 Å².